The van der Waals surface area contributed by atoms with Crippen LogP contribution in [0, 0.1) is 19.7 Å². The van der Waals surface area contributed by atoms with Gasteiger partial charge >= 0.3 is 0 Å². The zero-order valence-electron chi connectivity index (χ0n) is 30.3. The maximum atomic E-state index is 8.24. The Kier molecular flexibility index (Phi) is 6.95. The van der Waals surface area contributed by atoms with Crippen molar-refractivity contribution >= 4 is 82.5 Å². The zero-order chi connectivity index (χ0) is 38.2. The molecule has 11 aromatic rings. The average Bonchev–Trinajstić information content (AvgIpc) is 3.91. The smallest absolute Gasteiger partial charge is 0.189 e. The Morgan fingerprint density at radius 1 is 0.333 bits per heavy atom. The van der Waals surface area contributed by atoms with E-state index in [0.29, 0.717) is 17.1 Å². The molecule has 0 unspecified atom stereocenters. The van der Waals surface area contributed by atoms with Gasteiger partial charge in [-0.1, -0.05) is 97.1 Å². The lowest BCUT2D eigenvalue weighted by Gasteiger charge is -2.18. The Labute approximate surface area is 327 Å². The van der Waals surface area contributed by atoms with Crippen molar-refractivity contribution in [1.29, 1.82) is 0 Å². The molecule has 3 aromatic heterocycles. The fourth-order valence-corrected chi connectivity index (χ4v) is 8.89. The van der Waals surface area contributed by atoms with Gasteiger partial charge < -0.3 is 13.7 Å². The third-order valence-electron chi connectivity index (χ3n) is 11.2. The first-order valence-corrected chi connectivity index (χ1v) is 18.6. The number of nitrogens with zero attached hydrogens (tertiary/aromatic N) is 6. The highest BCUT2D eigenvalue weighted by Gasteiger charge is 2.22. The number of aromatic nitrogens is 3. The molecule has 6 nitrogen and oxygen atoms in total. The fraction of sp³-hybridized carbons (Fsp3) is 0. The minimum atomic E-state index is 0.524. The summed E-state index contributed by atoms with van der Waals surface area (Å²) < 4.78 is 6.90. The molecule has 0 saturated heterocycles. The van der Waals surface area contributed by atoms with Gasteiger partial charge in [0, 0.05) is 32.8 Å². The van der Waals surface area contributed by atoms with E-state index in [1.807, 2.05) is 60.7 Å². The highest BCUT2D eigenvalue weighted by molar-refractivity contribution is 6.16. The number of fused-ring (bicyclic) bond motifs is 9. The normalized spacial score (nSPS) is 11.5. The van der Waals surface area contributed by atoms with Crippen LogP contribution >= 0.6 is 0 Å². The van der Waals surface area contributed by atoms with Gasteiger partial charge in [-0.15, -0.1) is 0 Å². The molecule has 8 aromatic carbocycles. The van der Waals surface area contributed by atoms with Gasteiger partial charge in [0.15, 0.2) is 17.1 Å². The van der Waals surface area contributed by atoms with E-state index in [4.69, 9.17) is 19.7 Å². The third kappa shape index (κ3) is 4.68. The second-order valence-electron chi connectivity index (χ2n) is 14.2. The van der Waals surface area contributed by atoms with Crippen molar-refractivity contribution in [3.05, 3.63) is 204 Å². The Bertz CT molecular complexity index is 3580. The molecular formula is C51H28N6. The molecule has 11 rings (SSSR count). The Morgan fingerprint density at radius 2 is 0.825 bits per heavy atom. The van der Waals surface area contributed by atoms with Crippen molar-refractivity contribution in [3.63, 3.8) is 0 Å². The summed E-state index contributed by atoms with van der Waals surface area (Å²) in [5.74, 6) is 0. The van der Waals surface area contributed by atoms with Crippen LogP contribution in [-0.4, -0.2) is 13.7 Å². The first kappa shape index (κ1) is 32.1. The van der Waals surface area contributed by atoms with E-state index in [1.54, 1.807) is 0 Å². The summed E-state index contributed by atoms with van der Waals surface area (Å²) in [6, 6.07) is 58.0. The molecule has 0 spiro atoms. The van der Waals surface area contributed by atoms with Gasteiger partial charge in [0.2, 0.25) is 0 Å². The van der Waals surface area contributed by atoms with Gasteiger partial charge in [0.05, 0.1) is 64.2 Å². The van der Waals surface area contributed by atoms with E-state index in [0.717, 1.165) is 82.8 Å². The lowest BCUT2D eigenvalue weighted by atomic mass is 10.0. The van der Waals surface area contributed by atoms with Gasteiger partial charge in [-0.2, -0.15) is 0 Å². The summed E-state index contributed by atoms with van der Waals surface area (Å²) in [5, 5.41) is 6.45. The summed E-state index contributed by atoms with van der Waals surface area (Å²) in [6.45, 7) is 23.8. The highest BCUT2D eigenvalue weighted by Crippen LogP contribution is 2.43. The van der Waals surface area contributed by atoms with Crippen LogP contribution in [0.1, 0.15) is 0 Å². The van der Waals surface area contributed by atoms with Crippen molar-refractivity contribution in [2.75, 3.05) is 0 Å². The van der Waals surface area contributed by atoms with Crippen molar-refractivity contribution in [2.24, 2.45) is 0 Å². The molecule has 0 atom stereocenters. The second-order valence-corrected chi connectivity index (χ2v) is 14.2. The molecule has 0 N–H and O–H groups in total. The van der Waals surface area contributed by atoms with Gasteiger partial charge in [0.1, 0.15) is 0 Å². The Balaban J connectivity index is 1.23. The fourth-order valence-electron chi connectivity index (χ4n) is 8.89. The maximum Gasteiger partial charge on any atom is 0.189 e. The molecule has 3 heterocycles. The molecule has 0 aliphatic rings. The average molecular weight is 725 g/mol. The Morgan fingerprint density at radius 3 is 1.47 bits per heavy atom. The quantitative estimate of drug-likeness (QED) is 0.162. The molecule has 0 amide bonds. The monoisotopic (exact) mass is 724 g/mol. The molecular weight excluding hydrogens is 697 g/mol. The van der Waals surface area contributed by atoms with Crippen LogP contribution in [0.2, 0.25) is 0 Å². The first-order valence-electron chi connectivity index (χ1n) is 18.6. The summed E-state index contributed by atoms with van der Waals surface area (Å²) in [4.78, 5) is 11.5. The summed E-state index contributed by atoms with van der Waals surface area (Å²) in [7, 11) is 0. The van der Waals surface area contributed by atoms with Gasteiger partial charge in [0.25, 0.3) is 0 Å². The molecule has 6 heteroatoms. The van der Waals surface area contributed by atoms with Crippen LogP contribution in [-0.2, 0) is 0 Å². The van der Waals surface area contributed by atoms with Gasteiger partial charge in [-0.25, -0.2) is 14.5 Å². The number of para-hydroxylation sites is 5. The minimum absolute atomic E-state index is 0.524. The summed E-state index contributed by atoms with van der Waals surface area (Å²) >= 11 is 0. The lowest BCUT2D eigenvalue weighted by Crippen LogP contribution is -2.02. The van der Waals surface area contributed by atoms with Crippen LogP contribution in [0.15, 0.2) is 170 Å². The number of hydrogen-bond donors (Lipinski definition) is 0. The number of benzene rings is 8. The molecule has 0 radical (unpaired) electrons. The minimum Gasteiger partial charge on any atom is -0.311 e. The molecule has 262 valence electrons. The van der Waals surface area contributed by atoms with Crippen molar-refractivity contribution < 1.29 is 0 Å². The molecule has 0 bridgehead atoms. The van der Waals surface area contributed by atoms with Crippen LogP contribution in [0.5, 0.6) is 0 Å². The standard InChI is InChI=1S/C51H28N6/c1-52-33-23-25-48-42(30-33)40-16-7-9-19-45(40)55(48)36-28-32(27-35(29-36)54-3)37-13-4-8-18-44(37)57-49-26-24-34(53-2)31-43(49)41-17-12-22-50(51(41)57)56-46-20-10-5-14-38(46)39-15-6-11-21-47(39)56/h4-31H. The van der Waals surface area contributed by atoms with Crippen LogP contribution < -0.4 is 0 Å². The van der Waals surface area contributed by atoms with Crippen LogP contribution in [0.4, 0.5) is 17.1 Å². The van der Waals surface area contributed by atoms with Crippen LogP contribution in [0.3, 0.4) is 0 Å². The zero-order valence-corrected chi connectivity index (χ0v) is 30.3. The largest absolute Gasteiger partial charge is 0.311 e. The van der Waals surface area contributed by atoms with E-state index in [-0.39, 0.29) is 0 Å². The maximum absolute atomic E-state index is 8.24. The summed E-state index contributed by atoms with van der Waals surface area (Å²) in [6.07, 6.45) is 0. The molecule has 0 fully saturated rings. The highest BCUT2D eigenvalue weighted by atomic mass is 15.1. The summed E-state index contributed by atoms with van der Waals surface area (Å²) in [5.41, 5.74) is 12.6. The lowest BCUT2D eigenvalue weighted by molar-refractivity contribution is 1.13. The van der Waals surface area contributed by atoms with Crippen molar-refractivity contribution in [3.8, 4) is 28.2 Å². The van der Waals surface area contributed by atoms with Crippen molar-refractivity contribution in [1.82, 2.24) is 13.7 Å². The van der Waals surface area contributed by atoms with Gasteiger partial charge in [-0.05, 0) is 89.1 Å². The third-order valence-corrected chi connectivity index (χ3v) is 11.2. The van der Waals surface area contributed by atoms with E-state index in [1.165, 1.54) is 10.8 Å². The molecule has 57 heavy (non-hydrogen) atoms. The van der Waals surface area contributed by atoms with E-state index < -0.39 is 0 Å². The van der Waals surface area contributed by atoms with Gasteiger partial charge in [-0.3, -0.25) is 0 Å². The Hall–Kier alpha value is -8.37. The SMILES string of the molecule is [C-]#[N+]c1cc(-c2ccccc2-n2c3ccc([N+]#[C-])cc3c3cccc(-n4c5ccccc5c5ccccc54)c32)cc(-n2c3ccccc3c3cc([N+]#[C-])ccc32)c1. The molecule has 0 saturated carbocycles. The number of rotatable bonds is 4. The van der Waals surface area contributed by atoms with E-state index >= 15 is 0 Å². The predicted octanol–water partition coefficient (Wildman–Crippen LogP) is 14.3. The number of hydrogen-bond acceptors (Lipinski definition) is 0. The van der Waals surface area contributed by atoms with Crippen LogP contribution in [0.25, 0.3) is 108 Å². The predicted molar refractivity (Wildman–Crippen MR) is 234 cm³/mol. The van der Waals surface area contributed by atoms with Crippen molar-refractivity contribution in [2.45, 2.75) is 0 Å². The molecule has 0 aliphatic carbocycles. The van der Waals surface area contributed by atoms with E-state index in [9.17, 15) is 0 Å². The first-order chi connectivity index (χ1) is 28.1. The van der Waals surface area contributed by atoms with E-state index in [2.05, 4.69) is 137 Å². The second kappa shape index (κ2) is 12.3. The topological polar surface area (TPSA) is 27.9 Å². The molecule has 0 aliphatic heterocycles.